The number of halogens is 1. The Morgan fingerprint density at radius 2 is 2.12 bits per heavy atom. The smallest absolute Gasteiger partial charge is 0.241 e. The average Bonchev–Trinajstić information content (AvgIpc) is 2.22. The number of anilines is 1. The Balaban J connectivity index is 2.73. The van der Waals surface area contributed by atoms with E-state index in [1.807, 2.05) is 19.1 Å². The minimum Gasteiger partial charge on any atom is -0.370 e. The molecule has 0 spiro atoms. The Labute approximate surface area is 108 Å². The molecule has 0 aliphatic heterocycles. The zero-order valence-electron chi connectivity index (χ0n) is 9.37. The van der Waals surface area contributed by atoms with Gasteiger partial charge in [-0.25, -0.2) is 0 Å². The summed E-state index contributed by atoms with van der Waals surface area (Å²) in [4.78, 5) is 22.3. The Morgan fingerprint density at radius 3 is 2.71 bits per heavy atom. The molecule has 6 heteroatoms. The van der Waals surface area contributed by atoms with Crippen LogP contribution in [-0.2, 0) is 9.59 Å². The molecule has 0 saturated heterocycles. The maximum absolute atomic E-state index is 11.6. The molecule has 0 bridgehead atoms. The number of carbonyl (C=O) groups excluding carboxylic acids is 2. The fourth-order valence-electron chi connectivity index (χ4n) is 1.27. The molecule has 2 amide bonds. The van der Waals surface area contributed by atoms with Gasteiger partial charge in [-0.2, -0.15) is 0 Å². The summed E-state index contributed by atoms with van der Waals surface area (Å²) in [6.45, 7) is 1.91. The highest BCUT2D eigenvalue weighted by Crippen LogP contribution is 2.23. The molecule has 0 saturated carbocycles. The molecule has 1 unspecified atom stereocenters. The summed E-state index contributed by atoms with van der Waals surface area (Å²) in [5.41, 5.74) is 12.1. The minimum atomic E-state index is -0.931. The Morgan fingerprint density at radius 1 is 1.47 bits per heavy atom. The molecule has 1 aromatic rings. The number of aryl methyl sites for hydroxylation is 1. The average molecular weight is 300 g/mol. The number of carbonyl (C=O) groups is 2. The molecule has 92 valence electrons. The predicted octanol–water partition coefficient (Wildman–Crippen LogP) is 0.899. The first kappa shape index (κ1) is 13.7. The normalized spacial score (nSPS) is 11.9. The van der Waals surface area contributed by atoms with Crippen LogP contribution in [0, 0.1) is 6.92 Å². The van der Waals surface area contributed by atoms with E-state index in [1.54, 1.807) is 6.07 Å². The van der Waals surface area contributed by atoms with Crippen molar-refractivity contribution < 1.29 is 9.59 Å². The van der Waals surface area contributed by atoms with Crippen molar-refractivity contribution in [3.8, 4) is 0 Å². The second-order valence-electron chi connectivity index (χ2n) is 3.75. The Bertz CT molecular complexity index is 448. The second kappa shape index (κ2) is 5.79. The van der Waals surface area contributed by atoms with Gasteiger partial charge in [-0.1, -0.05) is 6.07 Å². The van der Waals surface area contributed by atoms with Crippen molar-refractivity contribution >= 4 is 33.4 Å². The molecule has 0 aromatic heterocycles. The number of amides is 2. The molecule has 5 nitrogen and oxygen atoms in total. The van der Waals surface area contributed by atoms with Crippen LogP contribution in [0.4, 0.5) is 5.69 Å². The van der Waals surface area contributed by atoms with Crippen LogP contribution in [0.1, 0.15) is 12.0 Å². The summed E-state index contributed by atoms with van der Waals surface area (Å²) in [7, 11) is 0. The van der Waals surface area contributed by atoms with Crippen LogP contribution in [-0.4, -0.2) is 17.9 Å². The monoisotopic (exact) mass is 299 g/mol. The van der Waals surface area contributed by atoms with Gasteiger partial charge in [-0.3, -0.25) is 9.59 Å². The third-order valence-corrected chi connectivity index (χ3v) is 2.83. The van der Waals surface area contributed by atoms with E-state index in [4.69, 9.17) is 11.5 Å². The van der Waals surface area contributed by atoms with Crippen LogP contribution >= 0.6 is 15.9 Å². The van der Waals surface area contributed by atoms with Crippen LogP contribution in [0.15, 0.2) is 22.7 Å². The molecule has 17 heavy (non-hydrogen) atoms. The Hall–Kier alpha value is -1.40. The lowest BCUT2D eigenvalue weighted by Gasteiger charge is -2.12. The van der Waals surface area contributed by atoms with Crippen molar-refractivity contribution in [2.45, 2.75) is 19.4 Å². The zero-order valence-corrected chi connectivity index (χ0v) is 11.0. The van der Waals surface area contributed by atoms with Crippen LogP contribution in [0.5, 0.6) is 0 Å². The lowest BCUT2D eigenvalue weighted by atomic mass is 10.2. The summed E-state index contributed by atoms with van der Waals surface area (Å²) >= 11 is 3.31. The fourth-order valence-corrected chi connectivity index (χ4v) is 1.62. The van der Waals surface area contributed by atoms with Crippen molar-refractivity contribution in [1.29, 1.82) is 0 Å². The van der Waals surface area contributed by atoms with Crippen molar-refractivity contribution in [3.05, 3.63) is 28.2 Å². The third-order valence-electron chi connectivity index (χ3n) is 2.14. The van der Waals surface area contributed by atoms with Crippen LogP contribution < -0.4 is 16.8 Å². The van der Waals surface area contributed by atoms with Crippen LogP contribution in [0.2, 0.25) is 0 Å². The van der Waals surface area contributed by atoms with Crippen molar-refractivity contribution in [3.63, 3.8) is 0 Å². The van der Waals surface area contributed by atoms with Crippen LogP contribution in [0.3, 0.4) is 0 Å². The molecule has 0 aliphatic carbocycles. The summed E-state index contributed by atoms with van der Waals surface area (Å²) in [6, 6.07) is 4.60. The molecule has 0 heterocycles. The fraction of sp³-hybridized carbons (Fsp3) is 0.273. The molecular formula is C11H14BrN3O2. The molecule has 1 atom stereocenters. The molecule has 5 N–H and O–H groups in total. The van der Waals surface area contributed by atoms with Crippen LogP contribution in [0.25, 0.3) is 0 Å². The molecule has 1 rings (SSSR count). The van der Waals surface area contributed by atoms with Gasteiger partial charge in [0.15, 0.2) is 0 Å². The second-order valence-corrected chi connectivity index (χ2v) is 4.60. The van der Waals surface area contributed by atoms with E-state index in [0.29, 0.717) is 5.69 Å². The number of primary amides is 1. The number of nitrogens with one attached hydrogen (secondary N) is 1. The Kier molecular flexibility index (Phi) is 4.65. The van der Waals surface area contributed by atoms with E-state index in [0.717, 1.165) is 10.0 Å². The predicted molar refractivity (Wildman–Crippen MR) is 69.3 cm³/mol. The molecular weight excluding hydrogens is 286 g/mol. The van der Waals surface area contributed by atoms with Crippen molar-refractivity contribution in [1.82, 2.24) is 0 Å². The van der Waals surface area contributed by atoms with Crippen molar-refractivity contribution in [2.24, 2.45) is 11.5 Å². The topological polar surface area (TPSA) is 98.2 Å². The molecule has 1 aromatic carbocycles. The third kappa shape index (κ3) is 4.16. The summed E-state index contributed by atoms with van der Waals surface area (Å²) in [5, 5.41) is 2.64. The van der Waals surface area contributed by atoms with E-state index in [1.165, 1.54) is 0 Å². The molecule has 0 radical (unpaired) electrons. The van der Waals surface area contributed by atoms with E-state index < -0.39 is 17.9 Å². The first-order valence-electron chi connectivity index (χ1n) is 5.01. The summed E-state index contributed by atoms with van der Waals surface area (Å²) < 4.78 is 0.753. The number of rotatable bonds is 4. The maximum Gasteiger partial charge on any atom is 0.241 e. The largest absolute Gasteiger partial charge is 0.370 e. The van der Waals surface area contributed by atoms with Gasteiger partial charge in [0.05, 0.1) is 18.2 Å². The van der Waals surface area contributed by atoms with Gasteiger partial charge in [0, 0.05) is 4.47 Å². The van der Waals surface area contributed by atoms with Gasteiger partial charge in [0.25, 0.3) is 0 Å². The van der Waals surface area contributed by atoms with Gasteiger partial charge in [0.1, 0.15) is 0 Å². The summed E-state index contributed by atoms with van der Waals surface area (Å²) in [6.07, 6.45) is -0.171. The molecule has 0 fully saturated rings. The van der Waals surface area contributed by atoms with Crippen molar-refractivity contribution in [2.75, 3.05) is 5.32 Å². The highest BCUT2D eigenvalue weighted by atomic mass is 79.9. The SMILES string of the molecule is Cc1ccc(Br)c(NC(=O)C(N)CC(N)=O)c1. The highest BCUT2D eigenvalue weighted by Gasteiger charge is 2.16. The molecule has 0 aliphatic rings. The highest BCUT2D eigenvalue weighted by molar-refractivity contribution is 9.10. The first-order chi connectivity index (χ1) is 7.90. The lowest BCUT2D eigenvalue weighted by molar-refractivity contribution is -0.123. The van der Waals surface area contributed by atoms with Gasteiger partial charge in [0.2, 0.25) is 11.8 Å². The van der Waals surface area contributed by atoms with Gasteiger partial charge < -0.3 is 16.8 Å². The number of benzene rings is 1. The van der Waals surface area contributed by atoms with E-state index in [2.05, 4.69) is 21.2 Å². The van der Waals surface area contributed by atoms with Gasteiger partial charge in [-0.15, -0.1) is 0 Å². The number of hydrogen-bond donors (Lipinski definition) is 3. The number of nitrogens with two attached hydrogens (primary N) is 2. The first-order valence-corrected chi connectivity index (χ1v) is 5.80. The summed E-state index contributed by atoms with van der Waals surface area (Å²) in [5.74, 6) is -1.04. The maximum atomic E-state index is 11.6. The standard InChI is InChI=1S/C11H14BrN3O2/c1-6-2-3-7(12)9(4-6)15-11(17)8(13)5-10(14)16/h2-4,8H,5,13H2,1H3,(H2,14,16)(H,15,17). The quantitative estimate of drug-likeness (QED) is 0.770. The number of hydrogen-bond acceptors (Lipinski definition) is 3. The van der Waals surface area contributed by atoms with E-state index in [9.17, 15) is 9.59 Å². The van der Waals surface area contributed by atoms with E-state index in [-0.39, 0.29) is 6.42 Å². The lowest BCUT2D eigenvalue weighted by Crippen LogP contribution is -2.39. The van der Waals surface area contributed by atoms with Gasteiger partial charge >= 0.3 is 0 Å². The zero-order chi connectivity index (χ0) is 13.0. The van der Waals surface area contributed by atoms with Gasteiger partial charge in [-0.05, 0) is 40.5 Å². The minimum absolute atomic E-state index is 0.171. The van der Waals surface area contributed by atoms with E-state index >= 15 is 0 Å².